The Morgan fingerprint density at radius 2 is 2.10 bits per heavy atom. The van der Waals surface area contributed by atoms with Gasteiger partial charge in [0.1, 0.15) is 17.9 Å². The van der Waals surface area contributed by atoms with Crippen LogP contribution in [0.1, 0.15) is 25.8 Å². The van der Waals surface area contributed by atoms with Gasteiger partial charge in [-0.25, -0.2) is 4.39 Å². The van der Waals surface area contributed by atoms with E-state index in [0.717, 1.165) is 0 Å². The number of nitrogens with one attached hydrogen (secondary N) is 1. The number of hydrogen-bond donors (Lipinski definition) is 1. The van der Waals surface area contributed by atoms with E-state index in [9.17, 15) is 14.0 Å². The zero-order chi connectivity index (χ0) is 14.9. The molecule has 0 aliphatic carbocycles. The van der Waals surface area contributed by atoms with E-state index in [1.54, 1.807) is 13.0 Å². The molecule has 2 rings (SSSR count). The van der Waals surface area contributed by atoms with E-state index in [1.165, 1.54) is 17.0 Å². The van der Waals surface area contributed by atoms with Gasteiger partial charge >= 0.3 is 0 Å². The van der Waals surface area contributed by atoms with Crippen LogP contribution in [0, 0.1) is 5.82 Å². The molecule has 0 saturated carbocycles. The zero-order valence-corrected chi connectivity index (χ0v) is 12.1. The maximum atomic E-state index is 13.8. The predicted octanol–water partition coefficient (Wildman–Crippen LogP) is 2.10. The highest BCUT2D eigenvalue weighted by Gasteiger charge is 2.37. The summed E-state index contributed by atoms with van der Waals surface area (Å²) in [7, 11) is 0. The van der Waals surface area contributed by atoms with Crippen LogP contribution in [-0.4, -0.2) is 28.8 Å². The van der Waals surface area contributed by atoms with E-state index in [2.05, 4.69) is 5.32 Å². The number of rotatable bonds is 3. The molecular weight excluding hydrogens is 283 g/mol. The molecule has 2 amide bonds. The molecule has 6 heteroatoms. The first-order valence-electron chi connectivity index (χ1n) is 6.49. The Hall–Kier alpha value is -1.62. The Morgan fingerprint density at radius 3 is 2.70 bits per heavy atom. The summed E-state index contributed by atoms with van der Waals surface area (Å²) in [6, 6.07) is 3.18. The third kappa shape index (κ3) is 2.63. The first-order valence-corrected chi connectivity index (χ1v) is 6.87. The lowest BCUT2D eigenvalue weighted by molar-refractivity contribution is -0.149. The number of nitrogens with zero attached hydrogens (tertiary/aromatic N) is 1. The van der Waals surface area contributed by atoms with E-state index in [-0.39, 0.29) is 28.9 Å². The van der Waals surface area contributed by atoms with Crippen LogP contribution in [0.3, 0.4) is 0 Å². The fraction of sp³-hybridized carbons (Fsp3) is 0.429. The van der Waals surface area contributed by atoms with Gasteiger partial charge in [0.25, 0.3) is 0 Å². The number of benzene rings is 1. The van der Waals surface area contributed by atoms with Gasteiger partial charge in [-0.05, 0) is 25.5 Å². The summed E-state index contributed by atoms with van der Waals surface area (Å²) in [5.41, 5.74) is 0.239. The summed E-state index contributed by atoms with van der Waals surface area (Å²) < 4.78 is 13.8. The summed E-state index contributed by atoms with van der Waals surface area (Å²) in [5, 5.41) is 2.87. The molecule has 0 bridgehead atoms. The average molecular weight is 299 g/mol. The summed E-state index contributed by atoms with van der Waals surface area (Å²) >= 11 is 5.98. The van der Waals surface area contributed by atoms with Crippen LogP contribution in [0.2, 0.25) is 5.02 Å². The largest absolute Gasteiger partial charge is 0.343 e. The molecule has 1 aliphatic rings. The van der Waals surface area contributed by atoms with Crippen molar-refractivity contribution in [1.29, 1.82) is 0 Å². The Balaban J connectivity index is 2.33. The molecule has 1 aliphatic heterocycles. The molecule has 2 atom stereocenters. The Bertz CT molecular complexity index is 530. The lowest BCUT2D eigenvalue weighted by Gasteiger charge is -2.37. The monoisotopic (exact) mass is 298 g/mol. The van der Waals surface area contributed by atoms with Gasteiger partial charge in [-0.3, -0.25) is 9.59 Å². The Morgan fingerprint density at radius 1 is 1.40 bits per heavy atom. The molecule has 1 N–H and O–H groups in total. The van der Waals surface area contributed by atoms with Crippen molar-refractivity contribution in [1.82, 2.24) is 10.2 Å². The Labute approximate surface area is 121 Å². The van der Waals surface area contributed by atoms with Gasteiger partial charge < -0.3 is 10.2 Å². The van der Waals surface area contributed by atoms with Crippen LogP contribution >= 0.6 is 11.6 Å². The van der Waals surface area contributed by atoms with Crippen LogP contribution in [0.5, 0.6) is 0 Å². The Kier molecular flexibility index (Phi) is 4.28. The van der Waals surface area contributed by atoms with Crippen LogP contribution in [0.4, 0.5) is 4.39 Å². The molecular formula is C14H16ClFN2O2. The summed E-state index contributed by atoms with van der Waals surface area (Å²) in [5.74, 6) is -0.915. The summed E-state index contributed by atoms with van der Waals surface area (Å²) in [6.07, 6.45) is 0.469. The number of carbonyl (C=O) groups excluding carboxylic acids is 2. The second-order valence-electron chi connectivity index (χ2n) is 4.82. The van der Waals surface area contributed by atoms with Gasteiger partial charge in [-0.2, -0.15) is 0 Å². The third-order valence-electron chi connectivity index (χ3n) is 3.47. The van der Waals surface area contributed by atoms with Crippen LogP contribution in [0.25, 0.3) is 0 Å². The van der Waals surface area contributed by atoms with Crippen molar-refractivity contribution in [2.45, 2.75) is 38.9 Å². The molecule has 20 heavy (non-hydrogen) atoms. The molecule has 1 aromatic rings. The molecule has 1 aromatic carbocycles. The molecule has 108 valence electrons. The van der Waals surface area contributed by atoms with E-state index in [0.29, 0.717) is 6.42 Å². The van der Waals surface area contributed by atoms with Crippen molar-refractivity contribution in [3.63, 3.8) is 0 Å². The van der Waals surface area contributed by atoms with Gasteiger partial charge in [0, 0.05) is 10.6 Å². The van der Waals surface area contributed by atoms with Crippen molar-refractivity contribution in [2.75, 3.05) is 0 Å². The molecule has 4 nitrogen and oxygen atoms in total. The maximum Gasteiger partial charge on any atom is 0.245 e. The number of amides is 2. The normalized spacial score (nSPS) is 22.9. The molecule has 2 unspecified atom stereocenters. The average Bonchev–Trinajstić information content (AvgIpc) is 2.39. The number of halogens is 2. The third-order valence-corrected chi connectivity index (χ3v) is 3.82. The first-order chi connectivity index (χ1) is 9.45. The van der Waals surface area contributed by atoms with Crippen molar-refractivity contribution in [3.8, 4) is 0 Å². The second-order valence-corrected chi connectivity index (χ2v) is 5.23. The fourth-order valence-corrected chi connectivity index (χ4v) is 2.59. The van der Waals surface area contributed by atoms with Gasteiger partial charge in [0.2, 0.25) is 11.8 Å². The van der Waals surface area contributed by atoms with E-state index in [4.69, 9.17) is 11.6 Å². The lowest BCUT2D eigenvalue weighted by atomic mass is 10.0. The molecule has 0 radical (unpaired) electrons. The SMILES string of the molecule is CCC1C(=O)NC(C)C(=O)N1Cc1c(F)cccc1Cl. The van der Waals surface area contributed by atoms with Crippen molar-refractivity contribution in [3.05, 3.63) is 34.6 Å². The minimum absolute atomic E-state index is 0.000602. The van der Waals surface area contributed by atoms with Gasteiger partial charge in [0.15, 0.2) is 0 Å². The van der Waals surface area contributed by atoms with E-state index in [1.807, 2.05) is 6.92 Å². The van der Waals surface area contributed by atoms with Crippen LogP contribution in [-0.2, 0) is 16.1 Å². The number of hydrogen-bond acceptors (Lipinski definition) is 2. The van der Waals surface area contributed by atoms with Gasteiger partial charge in [-0.15, -0.1) is 0 Å². The number of carbonyl (C=O) groups is 2. The molecule has 1 fully saturated rings. The van der Waals surface area contributed by atoms with E-state index < -0.39 is 17.9 Å². The fourth-order valence-electron chi connectivity index (χ4n) is 2.36. The minimum Gasteiger partial charge on any atom is -0.343 e. The van der Waals surface area contributed by atoms with Crippen molar-refractivity contribution in [2.24, 2.45) is 0 Å². The maximum absolute atomic E-state index is 13.8. The standard InChI is InChI=1S/C14H16ClFN2O2/c1-3-12-13(19)17-8(2)14(20)18(12)7-9-10(15)5-4-6-11(9)16/h4-6,8,12H,3,7H2,1-2H3,(H,17,19). The van der Waals surface area contributed by atoms with Crippen molar-refractivity contribution < 1.29 is 14.0 Å². The predicted molar refractivity (Wildman–Crippen MR) is 73.6 cm³/mol. The molecule has 1 heterocycles. The minimum atomic E-state index is -0.601. The zero-order valence-electron chi connectivity index (χ0n) is 11.3. The summed E-state index contributed by atoms with van der Waals surface area (Å²) in [6.45, 7) is 3.42. The lowest BCUT2D eigenvalue weighted by Crippen LogP contribution is -2.61. The topological polar surface area (TPSA) is 49.4 Å². The molecule has 1 saturated heterocycles. The molecule has 0 spiro atoms. The van der Waals surface area contributed by atoms with Gasteiger partial charge in [-0.1, -0.05) is 24.6 Å². The number of piperazine rings is 1. The highest BCUT2D eigenvalue weighted by atomic mass is 35.5. The van der Waals surface area contributed by atoms with E-state index >= 15 is 0 Å². The highest BCUT2D eigenvalue weighted by Crippen LogP contribution is 2.24. The smallest absolute Gasteiger partial charge is 0.245 e. The highest BCUT2D eigenvalue weighted by molar-refractivity contribution is 6.31. The molecule has 0 aromatic heterocycles. The van der Waals surface area contributed by atoms with Crippen molar-refractivity contribution >= 4 is 23.4 Å². The van der Waals surface area contributed by atoms with Crippen LogP contribution < -0.4 is 5.32 Å². The quantitative estimate of drug-likeness (QED) is 0.929. The van der Waals surface area contributed by atoms with Gasteiger partial charge in [0.05, 0.1) is 6.54 Å². The van der Waals surface area contributed by atoms with Crippen LogP contribution in [0.15, 0.2) is 18.2 Å². The first kappa shape index (κ1) is 14.8. The summed E-state index contributed by atoms with van der Waals surface area (Å²) in [4.78, 5) is 25.5. The second kappa shape index (κ2) is 5.79.